The molecule has 1 aromatic carbocycles. The van der Waals surface area contributed by atoms with Gasteiger partial charge in [-0.3, -0.25) is 4.98 Å². The molecule has 1 aliphatic carbocycles. The van der Waals surface area contributed by atoms with E-state index in [0.29, 0.717) is 29.0 Å². The number of halogens is 1. The number of nitrogens with one attached hydrogen (secondary N) is 1. The van der Waals surface area contributed by atoms with Crippen molar-refractivity contribution in [2.45, 2.75) is 38.2 Å². The SMILES string of the molecule is CCOC1CN(c2cc(OC)c(Nc3nccc(-c4cnc5c(c4)C(C)(CO)CC5)n3)cc2Cl)C1. The number of benzene rings is 1. The fourth-order valence-electron chi connectivity index (χ4n) is 4.78. The molecule has 5 rings (SSSR count). The van der Waals surface area contributed by atoms with Gasteiger partial charge in [-0.15, -0.1) is 0 Å². The number of fused-ring (bicyclic) bond motifs is 1. The van der Waals surface area contributed by atoms with E-state index in [1.54, 1.807) is 13.3 Å². The summed E-state index contributed by atoms with van der Waals surface area (Å²) in [5.74, 6) is 1.08. The summed E-state index contributed by atoms with van der Waals surface area (Å²) in [5, 5.41) is 13.8. The van der Waals surface area contributed by atoms with Crippen molar-refractivity contribution in [3.63, 3.8) is 0 Å². The van der Waals surface area contributed by atoms with Crippen LogP contribution in [-0.4, -0.2) is 59.6 Å². The van der Waals surface area contributed by atoms with Crippen LogP contribution in [0.5, 0.6) is 5.75 Å². The zero-order valence-corrected chi connectivity index (χ0v) is 21.0. The van der Waals surface area contributed by atoms with Gasteiger partial charge in [-0.1, -0.05) is 18.5 Å². The van der Waals surface area contributed by atoms with Crippen molar-refractivity contribution in [1.29, 1.82) is 0 Å². The van der Waals surface area contributed by atoms with Crippen LogP contribution < -0.4 is 15.0 Å². The van der Waals surface area contributed by atoms with Crippen molar-refractivity contribution in [2.24, 2.45) is 0 Å². The summed E-state index contributed by atoms with van der Waals surface area (Å²) in [6.45, 7) is 6.50. The second-order valence-electron chi connectivity index (χ2n) is 9.31. The van der Waals surface area contributed by atoms with Gasteiger partial charge in [0.15, 0.2) is 0 Å². The lowest BCUT2D eigenvalue weighted by Crippen LogP contribution is -2.52. The maximum atomic E-state index is 9.93. The van der Waals surface area contributed by atoms with Crippen LogP contribution in [0.1, 0.15) is 31.5 Å². The Morgan fingerprint density at radius 3 is 2.83 bits per heavy atom. The summed E-state index contributed by atoms with van der Waals surface area (Å²) in [7, 11) is 1.63. The average molecular weight is 496 g/mol. The number of ether oxygens (including phenoxy) is 2. The Balaban J connectivity index is 1.39. The van der Waals surface area contributed by atoms with E-state index in [4.69, 9.17) is 26.1 Å². The Hall–Kier alpha value is -2.94. The molecule has 0 saturated carbocycles. The van der Waals surface area contributed by atoms with Gasteiger partial charge in [0, 0.05) is 54.8 Å². The molecule has 0 radical (unpaired) electrons. The fourth-order valence-corrected chi connectivity index (χ4v) is 5.06. The first-order valence-electron chi connectivity index (χ1n) is 11.9. The van der Waals surface area contributed by atoms with E-state index in [9.17, 15) is 5.11 Å². The first-order valence-corrected chi connectivity index (χ1v) is 12.3. The van der Waals surface area contributed by atoms with Crippen LogP contribution in [0.4, 0.5) is 17.3 Å². The molecule has 1 saturated heterocycles. The molecule has 1 atom stereocenters. The predicted molar refractivity (Wildman–Crippen MR) is 137 cm³/mol. The molecule has 3 heterocycles. The molecule has 184 valence electrons. The van der Waals surface area contributed by atoms with Gasteiger partial charge in [0.1, 0.15) is 5.75 Å². The van der Waals surface area contributed by atoms with Crippen LogP contribution >= 0.6 is 11.6 Å². The van der Waals surface area contributed by atoms with Crippen LogP contribution in [0.15, 0.2) is 36.7 Å². The van der Waals surface area contributed by atoms with Gasteiger partial charge >= 0.3 is 0 Å². The standard InChI is InChI=1S/C26H30ClN5O3/c1-4-35-17-13-32(14-17)23-11-24(34-3)22(10-19(23)27)31-25-28-8-6-20(30-25)16-9-18-21(29-12-16)5-7-26(18,2)15-33/h6,8-12,17,33H,4-5,7,13-15H2,1-3H3,(H,28,30,31). The molecular weight excluding hydrogens is 466 g/mol. The largest absolute Gasteiger partial charge is 0.494 e. The highest BCUT2D eigenvalue weighted by Gasteiger charge is 2.35. The Bertz CT molecular complexity index is 1230. The number of methoxy groups -OCH3 is 1. The Morgan fingerprint density at radius 2 is 2.09 bits per heavy atom. The minimum atomic E-state index is -0.266. The number of nitrogens with zero attached hydrogens (tertiary/aromatic N) is 4. The van der Waals surface area contributed by atoms with Crippen molar-refractivity contribution in [2.75, 3.05) is 43.6 Å². The van der Waals surface area contributed by atoms with E-state index >= 15 is 0 Å². The zero-order chi connectivity index (χ0) is 24.6. The lowest BCUT2D eigenvalue weighted by atomic mass is 9.85. The highest BCUT2D eigenvalue weighted by molar-refractivity contribution is 6.33. The van der Waals surface area contributed by atoms with Crippen molar-refractivity contribution in [3.05, 3.63) is 52.9 Å². The molecule has 9 heteroatoms. The van der Waals surface area contributed by atoms with E-state index in [2.05, 4.69) is 33.2 Å². The summed E-state index contributed by atoms with van der Waals surface area (Å²) >= 11 is 6.63. The molecule has 2 N–H and O–H groups in total. The lowest BCUT2D eigenvalue weighted by molar-refractivity contribution is 0.0431. The van der Waals surface area contributed by atoms with E-state index in [0.717, 1.165) is 54.1 Å². The Morgan fingerprint density at radius 1 is 1.26 bits per heavy atom. The number of pyridine rings is 1. The Kier molecular flexibility index (Phi) is 6.53. The van der Waals surface area contributed by atoms with Gasteiger partial charge in [-0.25, -0.2) is 9.97 Å². The number of aliphatic hydroxyl groups is 1. The molecule has 3 aromatic rings. The summed E-state index contributed by atoms with van der Waals surface area (Å²) in [5.41, 5.74) is 5.10. The van der Waals surface area contributed by atoms with Crippen LogP contribution in [0.25, 0.3) is 11.3 Å². The number of anilines is 3. The molecule has 0 bridgehead atoms. The number of hydrogen-bond donors (Lipinski definition) is 2. The van der Waals surface area contributed by atoms with E-state index in [-0.39, 0.29) is 18.1 Å². The molecule has 8 nitrogen and oxygen atoms in total. The third-order valence-electron chi connectivity index (χ3n) is 6.94. The van der Waals surface area contributed by atoms with Gasteiger partial charge in [-0.2, -0.15) is 0 Å². The maximum Gasteiger partial charge on any atom is 0.227 e. The number of aromatic nitrogens is 3. The highest BCUT2D eigenvalue weighted by Crippen LogP contribution is 2.40. The van der Waals surface area contributed by atoms with Crippen molar-refractivity contribution in [3.8, 4) is 17.0 Å². The second-order valence-corrected chi connectivity index (χ2v) is 9.72. The molecular formula is C26H30ClN5O3. The number of hydrogen-bond acceptors (Lipinski definition) is 8. The molecule has 2 aliphatic rings. The van der Waals surface area contributed by atoms with E-state index < -0.39 is 0 Å². The minimum Gasteiger partial charge on any atom is -0.494 e. The van der Waals surface area contributed by atoms with E-state index in [1.165, 1.54) is 0 Å². The smallest absolute Gasteiger partial charge is 0.227 e. The molecule has 2 aromatic heterocycles. The van der Waals surface area contributed by atoms with Gasteiger partial charge in [0.25, 0.3) is 0 Å². The molecule has 0 spiro atoms. The minimum absolute atomic E-state index is 0.0992. The predicted octanol–water partition coefficient (Wildman–Crippen LogP) is 4.37. The van der Waals surface area contributed by atoms with Gasteiger partial charge in [-0.05, 0) is 43.5 Å². The number of aliphatic hydroxyl groups excluding tert-OH is 1. The molecule has 35 heavy (non-hydrogen) atoms. The highest BCUT2D eigenvalue weighted by atomic mass is 35.5. The van der Waals surface area contributed by atoms with Crippen molar-refractivity contribution in [1.82, 2.24) is 15.0 Å². The van der Waals surface area contributed by atoms with Gasteiger partial charge < -0.3 is 24.8 Å². The third-order valence-corrected chi connectivity index (χ3v) is 7.24. The lowest BCUT2D eigenvalue weighted by Gasteiger charge is -2.41. The summed E-state index contributed by atoms with van der Waals surface area (Å²) in [6, 6.07) is 7.71. The Labute approximate surface area is 210 Å². The quantitative estimate of drug-likeness (QED) is 0.476. The van der Waals surface area contributed by atoms with Gasteiger partial charge in [0.2, 0.25) is 5.95 Å². The maximum absolute atomic E-state index is 9.93. The number of aryl methyl sites for hydroxylation is 1. The first-order chi connectivity index (χ1) is 16.9. The molecule has 1 aliphatic heterocycles. The average Bonchev–Trinajstić information content (AvgIpc) is 3.18. The van der Waals surface area contributed by atoms with Crippen molar-refractivity contribution >= 4 is 28.9 Å². The molecule has 0 amide bonds. The van der Waals surface area contributed by atoms with Crippen LogP contribution in [-0.2, 0) is 16.6 Å². The summed E-state index contributed by atoms with van der Waals surface area (Å²) in [6.07, 6.45) is 5.55. The zero-order valence-electron chi connectivity index (χ0n) is 20.2. The third kappa shape index (κ3) is 4.53. The van der Waals surface area contributed by atoms with E-state index in [1.807, 2.05) is 31.3 Å². The number of rotatable bonds is 8. The first kappa shape index (κ1) is 23.8. The van der Waals surface area contributed by atoms with Crippen LogP contribution in [0.2, 0.25) is 5.02 Å². The van der Waals surface area contributed by atoms with Crippen LogP contribution in [0, 0.1) is 0 Å². The molecule has 1 fully saturated rings. The summed E-state index contributed by atoms with van der Waals surface area (Å²) < 4.78 is 11.3. The van der Waals surface area contributed by atoms with Crippen molar-refractivity contribution < 1.29 is 14.6 Å². The summed E-state index contributed by atoms with van der Waals surface area (Å²) in [4.78, 5) is 15.9. The molecule has 1 unspecified atom stereocenters. The van der Waals surface area contributed by atoms with Gasteiger partial charge in [0.05, 0.1) is 41.9 Å². The topological polar surface area (TPSA) is 92.6 Å². The fraction of sp³-hybridized carbons (Fsp3) is 0.423. The van der Waals surface area contributed by atoms with Crippen LogP contribution in [0.3, 0.4) is 0 Å². The monoisotopic (exact) mass is 495 g/mol. The second kappa shape index (κ2) is 9.60. The normalized spacial score (nSPS) is 19.4.